The summed E-state index contributed by atoms with van der Waals surface area (Å²) in [6.45, 7) is 0.369. The summed E-state index contributed by atoms with van der Waals surface area (Å²) in [6.07, 6.45) is 2.47. The summed E-state index contributed by atoms with van der Waals surface area (Å²) < 4.78 is 38.8. The smallest absolute Gasteiger partial charge is 0.268 e. The average Bonchev–Trinajstić information content (AvgIpc) is 2.85. The third-order valence-corrected chi connectivity index (χ3v) is 6.63. The Bertz CT molecular complexity index is 931. The van der Waals surface area contributed by atoms with Gasteiger partial charge in [-0.3, -0.25) is 4.31 Å². The highest BCUT2D eigenvalue weighted by Gasteiger charge is 2.31. The molecule has 0 bridgehead atoms. The van der Waals surface area contributed by atoms with Crippen LogP contribution in [0.3, 0.4) is 0 Å². The molecular formula is C18H21ClN2O4S. The van der Waals surface area contributed by atoms with Crippen molar-refractivity contribution in [3.05, 3.63) is 40.9 Å². The van der Waals surface area contributed by atoms with Crippen LogP contribution in [0.15, 0.2) is 35.2 Å². The van der Waals surface area contributed by atoms with Gasteiger partial charge >= 0.3 is 0 Å². The number of nitrogens with zero attached hydrogens (tertiary/aromatic N) is 1. The highest BCUT2D eigenvalue weighted by Crippen LogP contribution is 2.38. The van der Waals surface area contributed by atoms with E-state index in [0.717, 1.165) is 24.8 Å². The van der Waals surface area contributed by atoms with Gasteiger partial charge in [0.25, 0.3) is 10.0 Å². The lowest BCUT2D eigenvalue weighted by atomic mass is 10.1. The number of aryl methyl sites for hydroxylation is 1. The molecule has 3 rings (SSSR count). The van der Waals surface area contributed by atoms with Crippen molar-refractivity contribution in [3.63, 3.8) is 0 Å². The summed E-state index contributed by atoms with van der Waals surface area (Å²) in [5.74, 6) is 0.770. The van der Waals surface area contributed by atoms with Gasteiger partial charge in [-0.1, -0.05) is 17.7 Å². The van der Waals surface area contributed by atoms with Gasteiger partial charge in [0, 0.05) is 18.7 Å². The standard InChI is InChI=1S/C18H21ClN2O4S/c1-24-13-7-6-12-5-3-4-8-21(16(12)9-13)26(22,23)18-11-15(20)14(19)10-17(18)25-2/h6-7,9-11H,3-5,8,20H2,1-2H3. The lowest BCUT2D eigenvalue weighted by Gasteiger charge is -2.26. The molecule has 0 atom stereocenters. The number of hydrogen-bond donors (Lipinski definition) is 1. The summed E-state index contributed by atoms with van der Waals surface area (Å²) in [7, 11) is -0.933. The van der Waals surface area contributed by atoms with E-state index >= 15 is 0 Å². The van der Waals surface area contributed by atoms with Gasteiger partial charge in [-0.25, -0.2) is 8.42 Å². The van der Waals surface area contributed by atoms with Crippen LogP contribution in [0, 0.1) is 0 Å². The minimum atomic E-state index is -3.89. The van der Waals surface area contributed by atoms with E-state index in [2.05, 4.69) is 0 Å². The van der Waals surface area contributed by atoms with E-state index in [0.29, 0.717) is 18.0 Å². The highest BCUT2D eigenvalue weighted by molar-refractivity contribution is 7.93. The van der Waals surface area contributed by atoms with Gasteiger partial charge < -0.3 is 15.2 Å². The van der Waals surface area contributed by atoms with Crippen molar-refractivity contribution in [2.75, 3.05) is 30.8 Å². The topological polar surface area (TPSA) is 81.9 Å². The molecule has 1 aliphatic rings. The molecule has 0 spiro atoms. The molecule has 0 amide bonds. The fourth-order valence-electron chi connectivity index (χ4n) is 3.09. The predicted octanol–water partition coefficient (Wildman–Crippen LogP) is 3.47. The van der Waals surface area contributed by atoms with Crippen molar-refractivity contribution >= 4 is 33.0 Å². The molecule has 0 radical (unpaired) electrons. The van der Waals surface area contributed by atoms with Crippen molar-refractivity contribution in [1.29, 1.82) is 0 Å². The Kier molecular flexibility index (Phi) is 5.20. The molecule has 0 unspecified atom stereocenters. The number of sulfonamides is 1. The molecule has 2 N–H and O–H groups in total. The van der Waals surface area contributed by atoms with Crippen LogP contribution in [-0.2, 0) is 16.4 Å². The van der Waals surface area contributed by atoms with Crippen LogP contribution in [-0.4, -0.2) is 29.2 Å². The molecule has 0 aromatic heterocycles. The molecule has 2 aromatic rings. The number of fused-ring (bicyclic) bond motifs is 1. The Morgan fingerprint density at radius 3 is 2.58 bits per heavy atom. The van der Waals surface area contributed by atoms with E-state index in [1.54, 1.807) is 13.2 Å². The fraction of sp³-hybridized carbons (Fsp3) is 0.333. The van der Waals surface area contributed by atoms with Crippen LogP contribution in [0.4, 0.5) is 11.4 Å². The number of halogens is 1. The predicted molar refractivity (Wildman–Crippen MR) is 103 cm³/mol. The molecule has 8 heteroatoms. The largest absolute Gasteiger partial charge is 0.497 e. The van der Waals surface area contributed by atoms with E-state index in [1.807, 2.05) is 12.1 Å². The van der Waals surface area contributed by atoms with E-state index in [-0.39, 0.29) is 21.4 Å². The lowest BCUT2D eigenvalue weighted by Crippen LogP contribution is -2.32. The molecule has 140 valence electrons. The Balaban J connectivity index is 2.18. The number of rotatable bonds is 4. The fourth-order valence-corrected chi connectivity index (χ4v) is 4.95. The first kappa shape index (κ1) is 18.7. The zero-order valence-electron chi connectivity index (χ0n) is 14.7. The van der Waals surface area contributed by atoms with Crippen LogP contribution < -0.4 is 19.5 Å². The summed E-state index contributed by atoms with van der Waals surface area (Å²) in [5, 5.41) is 0.249. The van der Waals surface area contributed by atoms with Crippen LogP contribution in [0.5, 0.6) is 11.5 Å². The number of methoxy groups -OCH3 is 2. The van der Waals surface area contributed by atoms with E-state index < -0.39 is 10.0 Å². The molecule has 2 aromatic carbocycles. The molecule has 6 nitrogen and oxygen atoms in total. The molecule has 1 aliphatic heterocycles. The van der Waals surface area contributed by atoms with E-state index in [9.17, 15) is 8.42 Å². The van der Waals surface area contributed by atoms with Crippen LogP contribution in [0.2, 0.25) is 5.02 Å². The molecule has 26 heavy (non-hydrogen) atoms. The summed E-state index contributed by atoms with van der Waals surface area (Å²) in [6, 6.07) is 8.28. The van der Waals surface area contributed by atoms with E-state index in [4.69, 9.17) is 26.8 Å². The van der Waals surface area contributed by atoms with Crippen molar-refractivity contribution < 1.29 is 17.9 Å². The van der Waals surface area contributed by atoms with Gasteiger partial charge in [-0.05, 0) is 37.0 Å². The Morgan fingerprint density at radius 1 is 1.12 bits per heavy atom. The average molecular weight is 397 g/mol. The van der Waals surface area contributed by atoms with Gasteiger partial charge in [0.15, 0.2) is 0 Å². The molecular weight excluding hydrogens is 376 g/mol. The number of nitrogens with two attached hydrogens (primary N) is 1. The maximum atomic E-state index is 13.5. The van der Waals surface area contributed by atoms with Crippen molar-refractivity contribution in [1.82, 2.24) is 0 Å². The summed E-state index contributed by atoms with van der Waals surface area (Å²) >= 11 is 6.02. The Labute approximate surface area is 158 Å². The monoisotopic (exact) mass is 396 g/mol. The first-order valence-electron chi connectivity index (χ1n) is 8.21. The maximum absolute atomic E-state index is 13.5. The number of anilines is 2. The third-order valence-electron chi connectivity index (χ3n) is 4.47. The van der Waals surface area contributed by atoms with E-state index in [1.165, 1.54) is 23.5 Å². The molecule has 1 heterocycles. The number of nitrogen functional groups attached to an aromatic ring is 1. The molecule has 0 fully saturated rings. The highest BCUT2D eigenvalue weighted by atomic mass is 35.5. The minimum absolute atomic E-state index is 0.00225. The van der Waals surface area contributed by atoms with Gasteiger partial charge in [0.05, 0.1) is 30.6 Å². The van der Waals surface area contributed by atoms with Crippen LogP contribution in [0.1, 0.15) is 18.4 Å². The van der Waals surface area contributed by atoms with Crippen molar-refractivity contribution in [3.8, 4) is 11.5 Å². The quantitative estimate of drug-likeness (QED) is 0.800. The number of hydrogen-bond acceptors (Lipinski definition) is 5. The first-order valence-corrected chi connectivity index (χ1v) is 10.0. The minimum Gasteiger partial charge on any atom is -0.497 e. The number of ether oxygens (including phenoxy) is 2. The Morgan fingerprint density at radius 2 is 1.88 bits per heavy atom. The normalized spacial score (nSPS) is 14.5. The van der Waals surface area contributed by atoms with Gasteiger partial charge in [-0.2, -0.15) is 0 Å². The second kappa shape index (κ2) is 7.25. The van der Waals surface area contributed by atoms with Gasteiger partial charge in [0.2, 0.25) is 0 Å². The zero-order chi connectivity index (χ0) is 18.9. The molecule has 0 aliphatic carbocycles. The van der Waals surface area contributed by atoms with Crippen LogP contribution >= 0.6 is 11.6 Å². The molecule has 0 saturated heterocycles. The summed E-state index contributed by atoms with van der Waals surface area (Å²) in [5.41, 5.74) is 7.63. The SMILES string of the molecule is COc1ccc2c(c1)N(S(=O)(=O)c1cc(N)c(Cl)cc1OC)CCCC2. The van der Waals surface area contributed by atoms with Crippen LogP contribution in [0.25, 0.3) is 0 Å². The first-order chi connectivity index (χ1) is 12.4. The van der Waals surface area contributed by atoms with Crippen molar-refractivity contribution in [2.24, 2.45) is 0 Å². The molecule has 0 saturated carbocycles. The number of benzene rings is 2. The Hall–Kier alpha value is -2.12. The maximum Gasteiger partial charge on any atom is 0.268 e. The van der Waals surface area contributed by atoms with Gasteiger partial charge in [-0.15, -0.1) is 0 Å². The second-order valence-corrected chi connectivity index (χ2v) is 8.29. The second-order valence-electron chi connectivity index (χ2n) is 6.05. The lowest BCUT2D eigenvalue weighted by molar-refractivity contribution is 0.402. The third kappa shape index (κ3) is 3.29. The summed E-state index contributed by atoms with van der Waals surface area (Å²) in [4.78, 5) is -0.00225. The zero-order valence-corrected chi connectivity index (χ0v) is 16.2. The van der Waals surface area contributed by atoms with Gasteiger partial charge in [0.1, 0.15) is 16.4 Å². The van der Waals surface area contributed by atoms with Crippen molar-refractivity contribution in [2.45, 2.75) is 24.2 Å².